The van der Waals surface area contributed by atoms with E-state index in [1.165, 1.54) is 0 Å². The summed E-state index contributed by atoms with van der Waals surface area (Å²) in [4.78, 5) is 29.2. The van der Waals surface area contributed by atoms with Crippen molar-refractivity contribution in [3.8, 4) is 0 Å². The second-order valence-corrected chi connectivity index (χ2v) is 8.80. The molecule has 1 saturated heterocycles. The molecule has 3 aliphatic heterocycles. The van der Waals surface area contributed by atoms with E-state index in [2.05, 4.69) is 21.7 Å². The Bertz CT molecular complexity index is 1160. The molecule has 164 valence electrons. The predicted molar refractivity (Wildman–Crippen MR) is 130 cm³/mol. The van der Waals surface area contributed by atoms with Gasteiger partial charge in [0.05, 0.1) is 17.9 Å². The zero-order valence-electron chi connectivity index (χ0n) is 17.8. The van der Waals surface area contributed by atoms with E-state index in [1.807, 2.05) is 42.6 Å². The zero-order valence-corrected chi connectivity index (χ0v) is 19.3. The molecule has 0 radical (unpaired) electrons. The van der Waals surface area contributed by atoms with Crippen LogP contribution in [0, 0.1) is 0 Å². The Morgan fingerprint density at radius 2 is 1.81 bits per heavy atom. The van der Waals surface area contributed by atoms with Gasteiger partial charge in [0.25, 0.3) is 5.91 Å². The first-order valence-electron chi connectivity index (χ1n) is 10.7. The summed E-state index contributed by atoms with van der Waals surface area (Å²) in [5.41, 5.74) is 3.44. The fourth-order valence-corrected chi connectivity index (χ4v) is 4.70. The highest BCUT2D eigenvalue weighted by Gasteiger charge is 2.36. The number of carbonyl (C=O) groups is 1. The van der Waals surface area contributed by atoms with Gasteiger partial charge < -0.3 is 9.80 Å². The van der Waals surface area contributed by atoms with E-state index in [4.69, 9.17) is 28.2 Å². The van der Waals surface area contributed by atoms with E-state index >= 15 is 0 Å². The van der Waals surface area contributed by atoms with Gasteiger partial charge >= 0.3 is 0 Å². The van der Waals surface area contributed by atoms with Crippen molar-refractivity contribution in [3.63, 3.8) is 0 Å². The van der Waals surface area contributed by atoms with Crippen LogP contribution in [-0.2, 0) is 4.79 Å². The third-order valence-electron chi connectivity index (χ3n) is 6.05. The van der Waals surface area contributed by atoms with Gasteiger partial charge in [-0.2, -0.15) is 0 Å². The van der Waals surface area contributed by atoms with Gasteiger partial charge in [0.15, 0.2) is 0 Å². The molecule has 3 heterocycles. The number of nitrogens with zero attached hydrogens (tertiary/aromatic N) is 5. The van der Waals surface area contributed by atoms with Crippen LogP contribution < -0.4 is 4.90 Å². The number of hydrogen-bond donors (Lipinski definition) is 0. The molecule has 0 spiro atoms. The van der Waals surface area contributed by atoms with Gasteiger partial charge in [-0.3, -0.25) is 14.7 Å². The average Bonchev–Trinajstić information content (AvgIpc) is 3.01. The summed E-state index contributed by atoms with van der Waals surface area (Å²) in [6.07, 6.45) is 1.89. The van der Waals surface area contributed by atoms with Crippen LogP contribution in [0.25, 0.3) is 0 Å². The minimum absolute atomic E-state index is 0.142. The van der Waals surface area contributed by atoms with Gasteiger partial charge in [-0.05, 0) is 30.8 Å². The Morgan fingerprint density at radius 1 is 1.03 bits per heavy atom. The third-order valence-corrected chi connectivity index (χ3v) is 6.62. The number of fused-ring (bicyclic) bond motifs is 3. The van der Waals surface area contributed by atoms with Crippen LogP contribution in [-0.4, -0.2) is 66.5 Å². The summed E-state index contributed by atoms with van der Waals surface area (Å²) in [7, 11) is 0. The highest BCUT2D eigenvalue weighted by Crippen LogP contribution is 2.34. The van der Waals surface area contributed by atoms with Gasteiger partial charge in [0.1, 0.15) is 11.5 Å². The molecule has 0 aromatic heterocycles. The quantitative estimate of drug-likeness (QED) is 0.639. The van der Waals surface area contributed by atoms with Crippen molar-refractivity contribution in [2.45, 2.75) is 6.92 Å². The van der Waals surface area contributed by atoms with Gasteiger partial charge in [-0.1, -0.05) is 48.3 Å². The largest absolute Gasteiger partial charge is 0.373 e. The van der Waals surface area contributed by atoms with E-state index < -0.39 is 0 Å². The number of carbonyl (C=O) groups excluding carboxylic acids is 1. The molecule has 32 heavy (non-hydrogen) atoms. The Balaban J connectivity index is 1.54. The van der Waals surface area contributed by atoms with Crippen molar-refractivity contribution in [2.24, 2.45) is 9.98 Å². The highest BCUT2D eigenvalue weighted by atomic mass is 35.5. The van der Waals surface area contributed by atoms with Crippen LogP contribution in [0.3, 0.4) is 0 Å². The summed E-state index contributed by atoms with van der Waals surface area (Å²) >= 11 is 12.8. The molecule has 6 nitrogen and oxygen atoms in total. The molecule has 0 N–H and O–H groups in total. The number of hydrogen-bond acceptors (Lipinski definition) is 5. The first kappa shape index (κ1) is 21.2. The number of rotatable bonds is 3. The number of amidine groups is 1. The first-order valence-corrected chi connectivity index (χ1v) is 11.5. The second-order valence-electron chi connectivity index (χ2n) is 7.96. The van der Waals surface area contributed by atoms with Crippen LogP contribution >= 0.6 is 23.2 Å². The third kappa shape index (κ3) is 3.83. The van der Waals surface area contributed by atoms with Crippen molar-refractivity contribution in [1.82, 2.24) is 9.80 Å². The number of piperazine rings is 1. The Morgan fingerprint density at radius 3 is 2.56 bits per heavy atom. The lowest BCUT2D eigenvalue weighted by molar-refractivity contribution is -0.114. The molecule has 1 amide bonds. The number of halogens is 2. The lowest BCUT2D eigenvalue weighted by atomic mass is 10.00. The van der Waals surface area contributed by atoms with Gasteiger partial charge in [-0.25, -0.2) is 4.99 Å². The smallest absolute Gasteiger partial charge is 0.284 e. The molecule has 2 aromatic carbocycles. The summed E-state index contributed by atoms with van der Waals surface area (Å²) in [6.45, 7) is 7.24. The molecule has 0 atom stereocenters. The van der Waals surface area contributed by atoms with E-state index in [9.17, 15) is 4.79 Å². The minimum Gasteiger partial charge on any atom is -0.373 e. The molecule has 8 heteroatoms. The predicted octanol–water partition coefficient (Wildman–Crippen LogP) is 4.07. The topological polar surface area (TPSA) is 51.5 Å². The maximum atomic E-state index is 13.4. The van der Waals surface area contributed by atoms with Crippen LogP contribution in [0.15, 0.2) is 64.3 Å². The Labute approximate surface area is 197 Å². The van der Waals surface area contributed by atoms with E-state index in [-0.39, 0.29) is 12.5 Å². The van der Waals surface area contributed by atoms with Crippen LogP contribution in [0.1, 0.15) is 18.1 Å². The standard InChI is InChI=1S/C24H23Cl2N5O/c1-2-29-9-11-30(12-10-29)15-20-24(32)31-21-8-7-16(25)13-18(21)23(27-14-22(31)28-20)17-5-3-4-6-19(17)26/h3-8,13,15H,2,9-12,14H2,1H3/b20-15-. The number of amides is 1. The summed E-state index contributed by atoms with van der Waals surface area (Å²) < 4.78 is 0. The molecule has 0 unspecified atom stereocenters. The summed E-state index contributed by atoms with van der Waals surface area (Å²) in [6, 6.07) is 13.0. The number of benzene rings is 2. The monoisotopic (exact) mass is 467 g/mol. The first-order chi connectivity index (χ1) is 15.5. The summed E-state index contributed by atoms with van der Waals surface area (Å²) in [5, 5.41) is 1.17. The van der Waals surface area contributed by atoms with Crippen molar-refractivity contribution in [2.75, 3.05) is 44.2 Å². The summed E-state index contributed by atoms with van der Waals surface area (Å²) in [5.74, 6) is 0.469. The van der Waals surface area contributed by atoms with Crippen LogP contribution in [0.4, 0.5) is 5.69 Å². The maximum Gasteiger partial charge on any atom is 0.284 e. The lowest BCUT2D eigenvalue weighted by Gasteiger charge is -2.33. The normalized spacial score (nSPS) is 20.1. The van der Waals surface area contributed by atoms with Crippen molar-refractivity contribution in [3.05, 3.63) is 75.5 Å². The van der Waals surface area contributed by atoms with E-state index in [1.54, 1.807) is 11.0 Å². The number of anilines is 1. The zero-order chi connectivity index (χ0) is 22.2. The number of aliphatic imine (C=N–C) groups is 2. The maximum absolute atomic E-state index is 13.4. The van der Waals surface area contributed by atoms with Crippen LogP contribution in [0.5, 0.6) is 0 Å². The minimum atomic E-state index is -0.142. The SMILES string of the molecule is CCN1CCN(/C=C2\N=C3CN=C(c4ccccc4Cl)c4cc(Cl)ccc4N3C2=O)CC1. The molecule has 0 aliphatic carbocycles. The highest BCUT2D eigenvalue weighted by molar-refractivity contribution is 6.38. The molecule has 1 fully saturated rings. The van der Waals surface area contributed by atoms with Crippen molar-refractivity contribution in [1.29, 1.82) is 0 Å². The molecular formula is C24H23Cl2N5O. The van der Waals surface area contributed by atoms with Crippen LogP contribution in [0.2, 0.25) is 10.0 Å². The van der Waals surface area contributed by atoms with Gasteiger partial charge in [-0.15, -0.1) is 0 Å². The van der Waals surface area contributed by atoms with Crippen molar-refractivity contribution >= 4 is 46.3 Å². The number of likely N-dealkylation sites (N-methyl/N-ethyl adjacent to an activating group) is 1. The Hall–Kier alpha value is -2.67. The lowest BCUT2D eigenvalue weighted by Crippen LogP contribution is -2.44. The average molecular weight is 468 g/mol. The molecular weight excluding hydrogens is 445 g/mol. The molecule has 2 aromatic rings. The molecule has 0 saturated carbocycles. The van der Waals surface area contributed by atoms with Gasteiger partial charge in [0, 0.05) is 53.6 Å². The second kappa shape index (κ2) is 8.70. The fraction of sp³-hybridized carbons (Fsp3) is 0.292. The molecule has 5 rings (SSSR count). The fourth-order valence-electron chi connectivity index (χ4n) is 4.30. The van der Waals surface area contributed by atoms with E-state index in [0.717, 1.165) is 43.9 Å². The van der Waals surface area contributed by atoms with Gasteiger partial charge in [0.2, 0.25) is 0 Å². The molecule has 0 bridgehead atoms. The van der Waals surface area contributed by atoms with Crippen molar-refractivity contribution < 1.29 is 4.79 Å². The Kier molecular flexibility index (Phi) is 5.76. The molecule has 3 aliphatic rings. The van der Waals surface area contributed by atoms with E-state index in [0.29, 0.717) is 33.0 Å².